The Morgan fingerprint density at radius 1 is 1.07 bits per heavy atom. The van der Waals surface area contributed by atoms with Crippen molar-refractivity contribution in [3.05, 3.63) is 60.4 Å². The lowest BCUT2D eigenvalue weighted by molar-refractivity contribution is 0.309. The topological polar surface area (TPSA) is 72.4 Å². The summed E-state index contributed by atoms with van der Waals surface area (Å²) in [6.07, 6.45) is 3.22. The minimum absolute atomic E-state index is 0.236. The molecule has 0 atom stereocenters. The van der Waals surface area contributed by atoms with Crippen molar-refractivity contribution in [1.29, 1.82) is 0 Å². The summed E-state index contributed by atoms with van der Waals surface area (Å²) in [5, 5.41) is 1.01. The van der Waals surface area contributed by atoms with E-state index < -0.39 is 10.0 Å². The van der Waals surface area contributed by atoms with Gasteiger partial charge < -0.3 is 4.74 Å². The number of fused-ring (bicyclic) bond motifs is 1. The first-order chi connectivity index (χ1) is 13.6. The van der Waals surface area contributed by atoms with E-state index >= 15 is 0 Å². The number of rotatable bonds is 5. The summed E-state index contributed by atoms with van der Waals surface area (Å²) in [7, 11) is -3.58. The van der Waals surface area contributed by atoms with E-state index in [1.54, 1.807) is 34.8 Å². The van der Waals surface area contributed by atoms with E-state index in [1.807, 2.05) is 31.2 Å². The van der Waals surface area contributed by atoms with E-state index in [0.29, 0.717) is 25.4 Å². The van der Waals surface area contributed by atoms with Crippen LogP contribution >= 0.6 is 0 Å². The van der Waals surface area contributed by atoms with E-state index in [2.05, 4.69) is 9.97 Å². The molecule has 7 heteroatoms. The first kappa shape index (κ1) is 18.8. The molecule has 0 bridgehead atoms. The molecular weight excluding hydrogens is 374 g/mol. The number of hydrogen-bond donors (Lipinski definition) is 0. The van der Waals surface area contributed by atoms with Gasteiger partial charge in [-0.1, -0.05) is 12.1 Å². The summed E-state index contributed by atoms with van der Waals surface area (Å²) < 4.78 is 33.3. The Balaban J connectivity index is 1.51. The van der Waals surface area contributed by atoms with E-state index in [1.165, 1.54) is 0 Å². The molecular formula is C21H23N3O3S. The summed E-state index contributed by atoms with van der Waals surface area (Å²) in [6, 6.07) is 14.8. The van der Waals surface area contributed by atoms with Crippen molar-refractivity contribution in [2.45, 2.75) is 30.6 Å². The van der Waals surface area contributed by atoms with Crippen LogP contribution in [0.3, 0.4) is 0 Å². The lowest BCUT2D eigenvalue weighted by atomic mass is 9.94. The number of ether oxygens (including phenoxy) is 1. The highest BCUT2D eigenvalue weighted by molar-refractivity contribution is 7.89. The summed E-state index contributed by atoms with van der Waals surface area (Å²) >= 11 is 0. The fraction of sp³-hybridized carbons (Fsp3) is 0.333. The lowest BCUT2D eigenvalue weighted by Gasteiger charge is -2.31. The third-order valence-electron chi connectivity index (χ3n) is 5.12. The molecule has 0 amide bonds. The van der Waals surface area contributed by atoms with Gasteiger partial charge in [-0.25, -0.2) is 18.4 Å². The standard InChI is InChI=1S/C21H23N3O3S/c1-2-27-19-7-3-4-8-20(19)28(25,26)24-14-11-16(12-15-24)18-10-9-17-6-5-13-22-21(17)23-18/h3-10,13,16H,2,11-12,14-15H2,1H3. The fourth-order valence-corrected chi connectivity index (χ4v) is 5.27. The number of para-hydroxylation sites is 1. The SMILES string of the molecule is CCOc1ccccc1S(=O)(=O)N1CCC(c2ccc3cccnc3n2)CC1. The van der Waals surface area contributed by atoms with Gasteiger partial charge in [-0.2, -0.15) is 4.31 Å². The highest BCUT2D eigenvalue weighted by atomic mass is 32.2. The van der Waals surface area contributed by atoms with Crippen molar-refractivity contribution in [1.82, 2.24) is 14.3 Å². The zero-order chi connectivity index (χ0) is 19.6. The molecule has 28 heavy (non-hydrogen) atoms. The Morgan fingerprint density at radius 2 is 1.86 bits per heavy atom. The molecule has 0 radical (unpaired) electrons. The van der Waals surface area contributed by atoms with Gasteiger partial charge in [0.25, 0.3) is 0 Å². The maximum Gasteiger partial charge on any atom is 0.246 e. The molecule has 1 fully saturated rings. The second-order valence-electron chi connectivity index (χ2n) is 6.84. The van der Waals surface area contributed by atoms with Gasteiger partial charge in [0.1, 0.15) is 10.6 Å². The molecule has 3 heterocycles. The number of sulfonamides is 1. The molecule has 1 saturated heterocycles. The Morgan fingerprint density at radius 3 is 2.64 bits per heavy atom. The van der Waals surface area contributed by atoms with Crippen molar-refractivity contribution in [2.24, 2.45) is 0 Å². The van der Waals surface area contributed by atoms with Gasteiger partial charge in [0.2, 0.25) is 10.0 Å². The van der Waals surface area contributed by atoms with Crippen LogP contribution in [-0.2, 0) is 10.0 Å². The van der Waals surface area contributed by atoms with Crippen molar-refractivity contribution in [3.63, 3.8) is 0 Å². The molecule has 4 rings (SSSR count). The molecule has 2 aromatic heterocycles. The highest BCUT2D eigenvalue weighted by Gasteiger charge is 2.32. The molecule has 1 aliphatic rings. The van der Waals surface area contributed by atoms with Crippen molar-refractivity contribution in [2.75, 3.05) is 19.7 Å². The van der Waals surface area contributed by atoms with Gasteiger partial charge in [-0.05, 0) is 56.2 Å². The zero-order valence-electron chi connectivity index (χ0n) is 15.8. The molecule has 3 aromatic rings. The molecule has 0 spiro atoms. The summed E-state index contributed by atoms with van der Waals surface area (Å²) in [4.78, 5) is 9.25. The summed E-state index contributed by atoms with van der Waals surface area (Å²) in [5.74, 6) is 0.648. The number of aromatic nitrogens is 2. The lowest BCUT2D eigenvalue weighted by Crippen LogP contribution is -2.38. The van der Waals surface area contributed by atoms with Crippen LogP contribution in [0.2, 0.25) is 0 Å². The quantitative estimate of drug-likeness (QED) is 0.658. The second-order valence-corrected chi connectivity index (χ2v) is 8.75. The zero-order valence-corrected chi connectivity index (χ0v) is 16.6. The number of benzene rings is 1. The minimum atomic E-state index is -3.58. The third-order valence-corrected chi connectivity index (χ3v) is 7.06. The molecule has 0 unspecified atom stereocenters. The molecule has 6 nitrogen and oxygen atoms in total. The van der Waals surface area contributed by atoms with Gasteiger partial charge >= 0.3 is 0 Å². The second kappa shape index (κ2) is 7.85. The predicted molar refractivity (Wildman–Crippen MR) is 108 cm³/mol. The molecule has 0 saturated carbocycles. The van der Waals surface area contributed by atoms with Gasteiger partial charge in [0.15, 0.2) is 5.65 Å². The minimum Gasteiger partial charge on any atom is -0.492 e. The predicted octanol–water partition coefficient (Wildman–Crippen LogP) is 3.60. The first-order valence-corrected chi connectivity index (χ1v) is 11.0. The largest absolute Gasteiger partial charge is 0.492 e. The van der Waals surface area contributed by atoms with Gasteiger partial charge in [-0.15, -0.1) is 0 Å². The molecule has 0 N–H and O–H groups in total. The highest BCUT2D eigenvalue weighted by Crippen LogP contribution is 2.33. The molecule has 0 aliphatic carbocycles. The first-order valence-electron chi connectivity index (χ1n) is 9.53. The van der Waals surface area contributed by atoms with Gasteiger partial charge in [0.05, 0.1) is 6.61 Å². The Bertz CT molecular complexity index is 1080. The third kappa shape index (κ3) is 3.59. The molecule has 1 aromatic carbocycles. The molecule has 146 valence electrons. The number of nitrogens with zero attached hydrogens (tertiary/aromatic N) is 3. The number of hydrogen-bond acceptors (Lipinski definition) is 5. The van der Waals surface area contributed by atoms with Crippen LogP contribution in [0.5, 0.6) is 5.75 Å². The van der Waals surface area contributed by atoms with Crippen molar-refractivity contribution >= 4 is 21.1 Å². The Kier molecular flexibility index (Phi) is 5.28. The fourth-order valence-electron chi connectivity index (χ4n) is 3.66. The normalized spacial score (nSPS) is 16.3. The Labute approximate surface area is 165 Å². The van der Waals surface area contributed by atoms with Crippen LogP contribution in [0.1, 0.15) is 31.4 Å². The van der Waals surface area contributed by atoms with Gasteiger partial charge in [-0.3, -0.25) is 0 Å². The van der Waals surface area contributed by atoms with Crippen molar-refractivity contribution in [3.8, 4) is 5.75 Å². The summed E-state index contributed by atoms with van der Waals surface area (Å²) in [5.41, 5.74) is 1.72. The van der Waals surface area contributed by atoms with Crippen LogP contribution in [0, 0.1) is 0 Å². The van der Waals surface area contributed by atoms with Crippen LogP contribution in [-0.4, -0.2) is 42.4 Å². The maximum atomic E-state index is 13.1. The number of piperidine rings is 1. The maximum absolute atomic E-state index is 13.1. The smallest absolute Gasteiger partial charge is 0.246 e. The van der Waals surface area contributed by atoms with E-state index in [9.17, 15) is 8.42 Å². The summed E-state index contributed by atoms with van der Waals surface area (Å²) in [6.45, 7) is 3.21. The van der Waals surface area contributed by atoms with Gasteiger partial charge in [0, 0.05) is 36.3 Å². The number of pyridine rings is 2. The van der Waals surface area contributed by atoms with Crippen LogP contribution in [0.25, 0.3) is 11.0 Å². The average molecular weight is 398 g/mol. The van der Waals surface area contributed by atoms with Crippen LogP contribution in [0.15, 0.2) is 59.6 Å². The van der Waals surface area contributed by atoms with Crippen LogP contribution < -0.4 is 4.74 Å². The monoisotopic (exact) mass is 397 g/mol. The van der Waals surface area contributed by atoms with Crippen LogP contribution in [0.4, 0.5) is 0 Å². The molecule has 1 aliphatic heterocycles. The van der Waals surface area contributed by atoms with E-state index in [4.69, 9.17) is 4.74 Å². The Hall–Kier alpha value is -2.51. The van der Waals surface area contributed by atoms with E-state index in [-0.39, 0.29) is 10.8 Å². The van der Waals surface area contributed by atoms with E-state index in [0.717, 1.165) is 29.6 Å². The average Bonchev–Trinajstić information content (AvgIpc) is 2.74. The van der Waals surface area contributed by atoms with Crippen molar-refractivity contribution < 1.29 is 13.2 Å².